The Bertz CT molecular complexity index is 443. The highest BCUT2D eigenvalue weighted by Gasteiger charge is 2.23. The number of carbonyl (C=O) groups excluding carboxylic acids is 1. The Morgan fingerprint density at radius 1 is 1.37 bits per heavy atom. The molecule has 106 valence electrons. The molecule has 2 heterocycles. The molecule has 0 aliphatic carbocycles. The Morgan fingerprint density at radius 2 is 2.00 bits per heavy atom. The third kappa shape index (κ3) is 3.38. The number of furan rings is 1. The van der Waals surface area contributed by atoms with Gasteiger partial charge < -0.3 is 14.6 Å². The van der Waals surface area contributed by atoms with Gasteiger partial charge in [-0.1, -0.05) is 0 Å². The van der Waals surface area contributed by atoms with Gasteiger partial charge >= 0.3 is 0 Å². The van der Waals surface area contributed by atoms with Crippen molar-refractivity contribution in [1.29, 1.82) is 0 Å². The zero-order valence-electron chi connectivity index (χ0n) is 12.3. The quantitative estimate of drug-likeness (QED) is 0.912. The first-order valence-corrected chi connectivity index (χ1v) is 7.09. The summed E-state index contributed by atoms with van der Waals surface area (Å²) in [5.41, 5.74) is 0.670. The minimum atomic E-state index is -0.00246. The zero-order valence-corrected chi connectivity index (χ0v) is 12.3. The fraction of sp³-hybridized carbons (Fsp3) is 0.667. The van der Waals surface area contributed by atoms with Crippen LogP contribution in [0.2, 0.25) is 0 Å². The molecule has 0 radical (unpaired) electrons. The normalized spacial score (nSPS) is 17.9. The van der Waals surface area contributed by atoms with E-state index in [1.165, 1.54) is 0 Å². The first-order valence-electron chi connectivity index (χ1n) is 7.09. The standard InChI is InChI=1S/C15H24N2O2/c1-10(2)17-7-5-13(6-8-17)16-15(18)14-9-11(3)19-12(14)4/h9-10,13H,5-8H2,1-4H3,(H,16,18). The fourth-order valence-electron chi connectivity index (χ4n) is 2.68. The number of amides is 1. The van der Waals surface area contributed by atoms with Crippen LogP contribution in [0.15, 0.2) is 10.5 Å². The molecule has 19 heavy (non-hydrogen) atoms. The van der Waals surface area contributed by atoms with Crippen LogP contribution in [0, 0.1) is 13.8 Å². The number of piperidine rings is 1. The van der Waals surface area contributed by atoms with Crippen LogP contribution in [0.3, 0.4) is 0 Å². The second kappa shape index (κ2) is 5.78. The largest absolute Gasteiger partial charge is 0.466 e. The van der Waals surface area contributed by atoms with Gasteiger partial charge in [0.1, 0.15) is 11.5 Å². The van der Waals surface area contributed by atoms with E-state index in [4.69, 9.17) is 4.42 Å². The van der Waals surface area contributed by atoms with E-state index in [0.29, 0.717) is 17.4 Å². The van der Waals surface area contributed by atoms with Gasteiger partial charge in [-0.25, -0.2) is 0 Å². The van der Waals surface area contributed by atoms with Crippen molar-refractivity contribution in [2.45, 2.75) is 52.6 Å². The third-order valence-electron chi connectivity index (χ3n) is 3.88. The van der Waals surface area contributed by atoms with Crippen LogP contribution in [0.5, 0.6) is 0 Å². The van der Waals surface area contributed by atoms with Gasteiger partial charge in [0.2, 0.25) is 0 Å². The second-order valence-electron chi connectivity index (χ2n) is 5.70. The van der Waals surface area contributed by atoms with E-state index in [-0.39, 0.29) is 11.9 Å². The third-order valence-corrected chi connectivity index (χ3v) is 3.88. The minimum absolute atomic E-state index is 0.00246. The van der Waals surface area contributed by atoms with Crippen molar-refractivity contribution >= 4 is 5.91 Å². The molecule has 1 amide bonds. The zero-order chi connectivity index (χ0) is 14.0. The Balaban J connectivity index is 1.89. The van der Waals surface area contributed by atoms with Gasteiger partial charge in [0, 0.05) is 25.2 Å². The van der Waals surface area contributed by atoms with Crippen molar-refractivity contribution in [3.8, 4) is 0 Å². The summed E-state index contributed by atoms with van der Waals surface area (Å²) < 4.78 is 5.40. The van der Waals surface area contributed by atoms with Crippen LogP contribution in [0.4, 0.5) is 0 Å². The lowest BCUT2D eigenvalue weighted by atomic mass is 10.0. The second-order valence-corrected chi connectivity index (χ2v) is 5.70. The Hall–Kier alpha value is -1.29. The molecule has 0 bridgehead atoms. The molecule has 0 saturated carbocycles. The molecule has 0 atom stereocenters. The predicted octanol–water partition coefficient (Wildman–Crippen LogP) is 2.50. The predicted molar refractivity (Wildman–Crippen MR) is 75.4 cm³/mol. The summed E-state index contributed by atoms with van der Waals surface area (Å²) in [6.45, 7) is 10.3. The summed E-state index contributed by atoms with van der Waals surface area (Å²) >= 11 is 0. The SMILES string of the molecule is Cc1cc(C(=O)NC2CCN(C(C)C)CC2)c(C)o1. The van der Waals surface area contributed by atoms with Crippen LogP contribution in [-0.2, 0) is 0 Å². The molecule has 0 aromatic carbocycles. The molecule has 0 unspecified atom stereocenters. The van der Waals surface area contributed by atoms with Gasteiger partial charge in [0.25, 0.3) is 5.91 Å². The highest BCUT2D eigenvalue weighted by atomic mass is 16.3. The number of likely N-dealkylation sites (tertiary alicyclic amines) is 1. The Morgan fingerprint density at radius 3 is 2.47 bits per heavy atom. The Labute approximate surface area is 115 Å². The molecule has 1 aliphatic rings. The molecule has 1 aromatic rings. The molecule has 0 spiro atoms. The van der Waals surface area contributed by atoms with Gasteiger partial charge in [-0.3, -0.25) is 4.79 Å². The summed E-state index contributed by atoms with van der Waals surface area (Å²) in [6, 6.07) is 2.70. The maximum atomic E-state index is 12.2. The number of nitrogens with one attached hydrogen (secondary N) is 1. The molecular formula is C15H24N2O2. The van der Waals surface area contributed by atoms with E-state index >= 15 is 0 Å². The summed E-state index contributed by atoms with van der Waals surface area (Å²) in [6.07, 6.45) is 2.06. The lowest BCUT2D eigenvalue weighted by Crippen LogP contribution is -2.46. The van der Waals surface area contributed by atoms with Crippen LogP contribution in [0.25, 0.3) is 0 Å². The summed E-state index contributed by atoms with van der Waals surface area (Å²) in [5.74, 6) is 1.49. The van der Waals surface area contributed by atoms with Crippen molar-refractivity contribution < 1.29 is 9.21 Å². The fourth-order valence-corrected chi connectivity index (χ4v) is 2.68. The van der Waals surface area contributed by atoms with Crippen LogP contribution in [0.1, 0.15) is 48.6 Å². The molecule has 4 heteroatoms. The van der Waals surface area contributed by atoms with Gasteiger partial charge in [-0.05, 0) is 46.6 Å². The van der Waals surface area contributed by atoms with Gasteiger partial charge in [0.15, 0.2) is 0 Å². The van der Waals surface area contributed by atoms with Crippen molar-refractivity contribution in [2.75, 3.05) is 13.1 Å². The summed E-state index contributed by atoms with van der Waals surface area (Å²) in [5, 5.41) is 3.12. The molecule has 1 fully saturated rings. The highest BCUT2D eigenvalue weighted by molar-refractivity contribution is 5.95. The number of aryl methyl sites for hydroxylation is 2. The molecule has 1 aromatic heterocycles. The lowest BCUT2D eigenvalue weighted by molar-refractivity contribution is 0.0899. The maximum Gasteiger partial charge on any atom is 0.255 e. The van der Waals surface area contributed by atoms with E-state index < -0.39 is 0 Å². The van der Waals surface area contributed by atoms with Crippen molar-refractivity contribution in [3.63, 3.8) is 0 Å². The molecule has 4 nitrogen and oxygen atoms in total. The average molecular weight is 264 g/mol. The molecule has 1 saturated heterocycles. The van der Waals surface area contributed by atoms with E-state index in [2.05, 4.69) is 24.1 Å². The van der Waals surface area contributed by atoms with Crippen molar-refractivity contribution in [2.24, 2.45) is 0 Å². The van der Waals surface area contributed by atoms with Crippen molar-refractivity contribution in [1.82, 2.24) is 10.2 Å². The Kier molecular flexibility index (Phi) is 4.30. The highest BCUT2D eigenvalue weighted by Crippen LogP contribution is 2.16. The van der Waals surface area contributed by atoms with Crippen LogP contribution < -0.4 is 5.32 Å². The monoisotopic (exact) mass is 264 g/mol. The van der Waals surface area contributed by atoms with E-state index in [9.17, 15) is 4.79 Å². The number of hydrogen-bond donors (Lipinski definition) is 1. The number of hydrogen-bond acceptors (Lipinski definition) is 3. The summed E-state index contributed by atoms with van der Waals surface area (Å²) in [4.78, 5) is 14.6. The van der Waals surface area contributed by atoms with Gasteiger partial charge in [-0.15, -0.1) is 0 Å². The van der Waals surface area contributed by atoms with E-state index in [1.54, 1.807) is 0 Å². The lowest BCUT2D eigenvalue weighted by Gasteiger charge is -2.34. The minimum Gasteiger partial charge on any atom is -0.466 e. The first-order chi connectivity index (χ1) is 8.97. The molecule has 2 rings (SSSR count). The number of rotatable bonds is 3. The number of nitrogens with zero attached hydrogens (tertiary/aromatic N) is 1. The van der Waals surface area contributed by atoms with E-state index in [0.717, 1.165) is 31.7 Å². The van der Waals surface area contributed by atoms with Crippen molar-refractivity contribution in [3.05, 3.63) is 23.2 Å². The van der Waals surface area contributed by atoms with Gasteiger partial charge in [0.05, 0.1) is 5.56 Å². The van der Waals surface area contributed by atoms with E-state index in [1.807, 2.05) is 19.9 Å². The molecular weight excluding hydrogens is 240 g/mol. The topological polar surface area (TPSA) is 45.5 Å². The summed E-state index contributed by atoms with van der Waals surface area (Å²) in [7, 11) is 0. The smallest absolute Gasteiger partial charge is 0.255 e. The first kappa shape index (κ1) is 14.1. The van der Waals surface area contributed by atoms with Crippen LogP contribution in [-0.4, -0.2) is 36.0 Å². The number of carbonyl (C=O) groups is 1. The van der Waals surface area contributed by atoms with Gasteiger partial charge in [-0.2, -0.15) is 0 Å². The van der Waals surface area contributed by atoms with Crippen LogP contribution >= 0.6 is 0 Å². The molecule has 1 aliphatic heterocycles. The average Bonchev–Trinajstić information content (AvgIpc) is 2.69. The molecule has 1 N–H and O–H groups in total. The maximum absolute atomic E-state index is 12.2.